The Kier molecular flexibility index (Phi) is 10.9. The highest BCUT2D eigenvalue weighted by molar-refractivity contribution is 7.92. The van der Waals surface area contributed by atoms with E-state index in [4.69, 9.17) is 23.2 Å². The number of carbonyl (C=O) groups is 2. The third-order valence-corrected chi connectivity index (χ3v) is 7.55. The molecular formula is C27H37Cl2N3O4S. The molecule has 0 spiro atoms. The van der Waals surface area contributed by atoms with Crippen molar-refractivity contribution in [2.24, 2.45) is 0 Å². The van der Waals surface area contributed by atoms with Crippen LogP contribution in [0, 0.1) is 6.92 Å². The molecule has 0 bridgehead atoms. The molecule has 0 fully saturated rings. The lowest BCUT2D eigenvalue weighted by molar-refractivity contribution is -0.142. The second-order valence-electron chi connectivity index (χ2n) is 10.1. The molecule has 1 atom stereocenters. The van der Waals surface area contributed by atoms with Crippen molar-refractivity contribution in [2.75, 3.05) is 17.1 Å². The summed E-state index contributed by atoms with van der Waals surface area (Å²) in [7, 11) is -3.68. The van der Waals surface area contributed by atoms with Gasteiger partial charge in [-0.25, -0.2) is 8.42 Å². The fraction of sp³-hybridized carbons (Fsp3) is 0.481. The number of hydrogen-bond donors (Lipinski definition) is 1. The molecule has 1 unspecified atom stereocenters. The average molecular weight is 571 g/mol. The highest BCUT2D eigenvalue weighted by Crippen LogP contribution is 2.31. The average Bonchev–Trinajstić information content (AvgIpc) is 2.77. The zero-order valence-corrected chi connectivity index (χ0v) is 24.7. The molecule has 0 heterocycles. The Morgan fingerprint density at radius 1 is 1.08 bits per heavy atom. The second kappa shape index (κ2) is 13.0. The van der Waals surface area contributed by atoms with Crippen LogP contribution in [0.15, 0.2) is 42.5 Å². The molecule has 37 heavy (non-hydrogen) atoms. The minimum Gasteiger partial charge on any atom is -0.350 e. The van der Waals surface area contributed by atoms with E-state index < -0.39 is 21.6 Å². The Hall–Kier alpha value is -2.29. The van der Waals surface area contributed by atoms with E-state index >= 15 is 0 Å². The molecule has 2 aromatic rings. The summed E-state index contributed by atoms with van der Waals surface area (Å²) < 4.78 is 26.2. The highest BCUT2D eigenvalue weighted by Gasteiger charge is 2.31. The van der Waals surface area contributed by atoms with Crippen molar-refractivity contribution in [3.8, 4) is 0 Å². The monoisotopic (exact) mass is 569 g/mol. The summed E-state index contributed by atoms with van der Waals surface area (Å²) in [6, 6.07) is 11.7. The van der Waals surface area contributed by atoms with Crippen LogP contribution in [-0.4, -0.2) is 49.5 Å². The number of aryl methyl sites for hydroxylation is 1. The molecule has 1 N–H and O–H groups in total. The van der Waals surface area contributed by atoms with Gasteiger partial charge in [0.05, 0.1) is 17.0 Å². The van der Waals surface area contributed by atoms with E-state index in [1.54, 1.807) is 11.0 Å². The molecule has 7 nitrogen and oxygen atoms in total. The first-order valence-electron chi connectivity index (χ1n) is 12.2. The minimum atomic E-state index is -3.68. The Morgan fingerprint density at radius 2 is 1.73 bits per heavy atom. The predicted octanol–water partition coefficient (Wildman–Crippen LogP) is 5.57. The Bertz CT molecular complexity index is 1210. The maximum Gasteiger partial charge on any atom is 0.243 e. The Labute approximate surface area is 231 Å². The molecule has 0 aliphatic heterocycles. The SMILES string of the molecule is CCC(C(=O)NC(C)(C)C)N(Cc1ccccc1C)C(=O)CCCN(c1cc(Cl)ccc1Cl)S(C)(=O)=O. The summed E-state index contributed by atoms with van der Waals surface area (Å²) in [5, 5.41) is 3.58. The Morgan fingerprint density at radius 3 is 2.30 bits per heavy atom. The number of nitrogens with one attached hydrogen (secondary N) is 1. The first kappa shape index (κ1) is 30.9. The maximum absolute atomic E-state index is 13.5. The molecule has 0 radical (unpaired) electrons. The fourth-order valence-corrected chi connectivity index (χ4v) is 5.41. The number of halogens is 2. The van der Waals surface area contributed by atoms with Crippen molar-refractivity contribution in [3.05, 3.63) is 63.6 Å². The van der Waals surface area contributed by atoms with E-state index in [0.29, 0.717) is 11.4 Å². The second-order valence-corrected chi connectivity index (χ2v) is 12.9. The zero-order chi connectivity index (χ0) is 28.0. The highest BCUT2D eigenvalue weighted by atomic mass is 35.5. The molecule has 204 valence electrons. The first-order chi connectivity index (χ1) is 17.1. The number of carbonyl (C=O) groups excluding carboxylic acids is 2. The van der Waals surface area contributed by atoms with Gasteiger partial charge in [-0.15, -0.1) is 0 Å². The third kappa shape index (κ3) is 9.20. The van der Waals surface area contributed by atoms with Gasteiger partial charge in [0, 0.05) is 30.1 Å². The number of sulfonamides is 1. The lowest BCUT2D eigenvalue weighted by atomic mass is 10.0. The minimum absolute atomic E-state index is 0.0355. The molecule has 0 saturated heterocycles. The van der Waals surface area contributed by atoms with Gasteiger partial charge in [0.2, 0.25) is 21.8 Å². The lowest BCUT2D eigenvalue weighted by Crippen LogP contribution is -2.53. The van der Waals surface area contributed by atoms with Gasteiger partial charge in [-0.3, -0.25) is 13.9 Å². The van der Waals surface area contributed by atoms with Crippen molar-refractivity contribution in [1.29, 1.82) is 0 Å². The summed E-state index contributed by atoms with van der Waals surface area (Å²) in [4.78, 5) is 28.3. The molecule has 0 aromatic heterocycles. The maximum atomic E-state index is 13.5. The van der Waals surface area contributed by atoms with Crippen LogP contribution >= 0.6 is 23.2 Å². The number of rotatable bonds is 11. The molecule has 2 rings (SSSR count). The fourth-order valence-electron chi connectivity index (χ4n) is 4.00. The van der Waals surface area contributed by atoms with E-state index in [1.807, 2.05) is 58.9 Å². The number of anilines is 1. The normalized spacial score (nSPS) is 12.6. The number of amides is 2. The molecule has 2 amide bonds. The van der Waals surface area contributed by atoms with Crippen LogP contribution in [0.3, 0.4) is 0 Å². The van der Waals surface area contributed by atoms with E-state index in [0.717, 1.165) is 21.7 Å². The van der Waals surface area contributed by atoms with Crippen molar-refractivity contribution in [1.82, 2.24) is 10.2 Å². The number of hydrogen-bond acceptors (Lipinski definition) is 4. The quantitative estimate of drug-likeness (QED) is 0.383. The Balaban J connectivity index is 2.29. The summed E-state index contributed by atoms with van der Waals surface area (Å²) in [5.41, 5.74) is 1.78. The van der Waals surface area contributed by atoms with Gasteiger partial charge in [-0.2, -0.15) is 0 Å². The van der Waals surface area contributed by atoms with E-state index in [-0.39, 0.29) is 48.5 Å². The smallest absolute Gasteiger partial charge is 0.243 e. The van der Waals surface area contributed by atoms with E-state index in [9.17, 15) is 18.0 Å². The summed E-state index contributed by atoms with van der Waals surface area (Å²) in [5.74, 6) is -0.454. The van der Waals surface area contributed by atoms with Crippen LogP contribution < -0.4 is 9.62 Å². The topological polar surface area (TPSA) is 86.8 Å². The summed E-state index contributed by atoms with van der Waals surface area (Å²) >= 11 is 12.3. The molecule has 2 aromatic carbocycles. The third-order valence-electron chi connectivity index (χ3n) is 5.82. The van der Waals surface area contributed by atoms with Crippen LogP contribution in [0.5, 0.6) is 0 Å². The van der Waals surface area contributed by atoms with Gasteiger partial charge in [-0.1, -0.05) is 54.4 Å². The van der Waals surface area contributed by atoms with E-state index in [2.05, 4.69) is 5.32 Å². The first-order valence-corrected chi connectivity index (χ1v) is 14.8. The van der Waals surface area contributed by atoms with Crippen molar-refractivity contribution >= 4 is 50.7 Å². The van der Waals surface area contributed by atoms with Crippen molar-refractivity contribution in [3.63, 3.8) is 0 Å². The molecule has 0 saturated carbocycles. The summed E-state index contributed by atoms with van der Waals surface area (Å²) in [6.07, 6.45) is 1.80. The predicted molar refractivity (Wildman–Crippen MR) is 152 cm³/mol. The van der Waals surface area contributed by atoms with Crippen LogP contribution in [0.1, 0.15) is 58.1 Å². The van der Waals surface area contributed by atoms with Gasteiger partial charge in [0.1, 0.15) is 6.04 Å². The standard InChI is InChI=1S/C27H37Cl2N3O4S/c1-7-23(26(34)30-27(3,4)5)31(18-20-12-9-8-11-19(20)2)25(33)13-10-16-32(37(6,35)36)24-17-21(28)14-15-22(24)29/h8-9,11-12,14-15,17,23H,7,10,13,16,18H2,1-6H3,(H,30,34). The van der Waals surface area contributed by atoms with Crippen LogP contribution in [0.4, 0.5) is 5.69 Å². The van der Waals surface area contributed by atoms with Crippen LogP contribution in [0.2, 0.25) is 10.0 Å². The van der Waals surface area contributed by atoms with Crippen molar-refractivity contribution in [2.45, 2.75) is 72.0 Å². The van der Waals surface area contributed by atoms with Gasteiger partial charge in [0.25, 0.3) is 0 Å². The van der Waals surface area contributed by atoms with Gasteiger partial charge >= 0.3 is 0 Å². The van der Waals surface area contributed by atoms with Crippen LogP contribution in [0.25, 0.3) is 0 Å². The van der Waals surface area contributed by atoms with E-state index in [1.165, 1.54) is 12.1 Å². The molecule has 10 heteroatoms. The van der Waals surface area contributed by atoms with Gasteiger partial charge < -0.3 is 10.2 Å². The molecule has 0 aliphatic rings. The van der Waals surface area contributed by atoms with Crippen LogP contribution in [-0.2, 0) is 26.2 Å². The van der Waals surface area contributed by atoms with Gasteiger partial charge in [0.15, 0.2) is 0 Å². The summed E-state index contributed by atoms with van der Waals surface area (Å²) in [6.45, 7) is 9.83. The van der Waals surface area contributed by atoms with Gasteiger partial charge in [-0.05, 0) is 69.9 Å². The largest absolute Gasteiger partial charge is 0.350 e. The number of benzene rings is 2. The number of nitrogens with zero attached hydrogens (tertiary/aromatic N) is 2. The zero-order valence-electron chi connectivity index (χ0n) is 22.3. The molecule has 0 aliphatic carbocycles. The molecular weight excluding hydrogens is 533 g/mol. The lowest BCUT2D eigenvalue weighted by Gasteiger charge is -2.33. The van der Waals surface area contributed by atoms with Crippen molar-refractivity contribution < 1.29 is 18.0 Å².